The lowest BCUT2D eigenvalue weighted by Gasteiger charge is -2.10. The van der Waals surface area contributed by atoms with Crippen molar-refractivity contribution >= 4 is 17.4 Å². The number of benzene rings is 1. The molecular formula is C15H16ClN3. The van der Waals surface area contributed by atoms with Crippen molar-refractivity contribution in [3.05, 3.63) is 53.0 Å². The van der Waals surface area contributed by atoms with Crippen LogP contribution in [0.5, 0.6) is 0 Å². The van der Waals surface area contributed by atoms with Crippen LogP contribution in [-0.2, 0) is 25.3 Å². The summed E-state index contributed by atoms with van der Waals surface area (Å²) in [5.74, 6) is 1.54. The molecule has 0 unspecified atom stereocenters. The smallest absolute Gasteiger partial charge is 0.133 e. The van der Waals surface area contributed by atoms with Crippen molar-refractivity contribution in [1.29, 1.82) is 0 Å². The second kappa shape index (κ2) is 5.57. The monoisotopic (exact) mass is 273 g/mol. The summed E-state index contributed by atoms with van der Waals surface area (Å²) in [5, 5.41) is 3.42. The number of aromatic nitrogens is 2. The lowest BCUT2D eigenvalue weighted by Crippen LogP contribution is -2.05. The Morgan fingerprint density at radius 1 is 1.16 bits per heavy atom. The van der Waals surface area contributed by atoms with Gasteiger partial charge in [-0.3, -0.25) is 0 Å². The van der Waals surface area contributed by atoms with Crippen molar-refractivity contribution in [1.82, 2.24) is 9.97 Å². The summed E-state index contributed by atoms with van der Waals surface area (Å²) in [6, 6.07) is 8.31. The average Bonchev–Trinajstić information content (AvgIpc) is 2.94. The van der Waals surface area contributed by atoms with E-state index in [4.69, 9.17) is 11.6 Å². The van der Waals surface area contributed by atoms with E-state index in [0.717, 1.165) is 30.8 Å². The third-order valence-corrected chi connectivity index (χ3v) is 3.79. The molecule has 4 heteroatoms. The van der Waals surface area contributed by atoms with E-state index in [1.165, 1.54) is 23.2 Å². The molecule has 1 aromatic heterocycles. The summed E-state index contributed by atoms with van der Waals surface area (Å²) in [4.78, 5) is 8.69. The topological polar surface area (TPSA) is 37.8 Å². The van der Waals surface area contributed by atoms with Crippen LogP contribution in [0.1, 0.15) is 28.8 Å². The van der Waals surface area contributed by atoms with Gasteiger partial charge in [0.15, 0.2) is 0 Å². The van der Waals surface area contributed by atoms with E-state index in [0.29, 0.717) is 5.88 Å². The predicted molar refractivity (Wildman–Crippen MR) is 77.4 cm³/mol. The molecule has 1 aliphatic carbocycles. The minimum absolute atomic E-state index is 0.552. The second-order valence-corrected chi connectivity index (χ2v) is 5.08. The molecule has 2 aromatic rings. The van der Waals surface area contributed by atoms with E-state index in [1.807, 2.05) is 12.1 Å². The van der Waals surface area contributed by atoms with Crippen molar-refractivity contribution < 1.29 is 0 Å². The van der Waals surface area contributed by atoms with Crippen molar-refractivity contribution in [2.45, 2.75) is 31.7 Å². The molecule has 0 aliphatic heterocycles. The number of hydrogen-bond donors (Lipinski definition) is 1. The van der Waals surface area contributed by atoms with Crippen LogP contribution in [-0.4, -0.2) is 9.97 Å². The van der Waals surface area contributed by atoms with Gasteiger partial charge < -0.3 is 5.32 Å². The lowest BCUT2D eigenvalue weighted by molar-refractivity contribution is 0.899. The Labute approximate surface area is 118 Å². The molecule has 0 spiro atoms. The maximum atomic E-state index is 5.85. The summed E-state index contributed by atoms with van der Waals surface area (Å²) in [6.45, 7) is 0.772. The fraction of sp³-hybridized carbons (Fsp3) is 0.333. The predicted octanol–water partition coefficient (Wildman–Crippen LogP) is 3.32. The number of aryl methyl sites for hydroxylation is 1. The zero-order valence-corrected chi connectivity index (χ0v) is 11.5. The number of alkyl halides is 1. The van der Waals surface area contributed by atoms with Gasteiger partial charge in [0.1, 0.15) is 12.1 Å². The van der Waals surface area contributed by atoms with E-state index in [1.54, 1.807) is 6.33 Å². The molecule has 98 valence electrons. The number of fused-ring (bicyclic) bond motifs is 1. The fourth-order valence-electron chi connectivity index (χ4n) is 2.52. The van der Waals surface area contributed by atoms with Gasteiger partial charge in [0.05, 0.1) is 0 Å². The second-order valence-electron chi connectivity index (χ2n) is 4.81. The van der Waals surface area contributed by atoms with Gasteiger partial charge in [-0.05, 0) is 30.4 Å². The van der Waals surface area contributed by atoms with Crippen molar-refractivity contribution in [3.63, 3.8) is 0 Å². The van der Waals surface area contributed by atoms with Crippen LogP contribution < -0.4 is 5.32 Å². The largest absolute Gasteiger partial charge is 0.366 e. The molecule has 19 heavy (non-hydrogen) atoms. The van der Waals surface area contributed by atoms with Gasteiger partial charge in [-0.2, -0.15) is 0 Å². The molecule has 0 atom stereocenters. The van der Waals surface area contributed by atoms with E-state index >= 15 is 0 Å². The van der Waals surface area contributed by atoms with E-state index in [-0.39, 0.29) is 0 Å². The minimum atomic E-state index is 0.552. The number of anilines is 1. The molecule has 1 heterocycles. The number of halogens is 1. The Bertz CT molecular complexity index is 583. The first kappa shape index (κ1) is 12.4. The Morgan fingerprint density at radius 3 is 2.95 bits per heavy atom. The first-order valence-electron chi connectivity index (χ1n) is 6.57. The van der Waals surface area contributed by atoms with Gasteiger partial charge in [0.2, 0.25) is 0 Å². The van der Waals surface area contributed by atoms with Crippen LogP contribution in [0.15, 0.2) is 30.6 Å². The van der Waals surface area contributed by atoms with E-state index in [2.05, 4.69) is 27.4 Å². The third-order valence-electron chi connectivity index (χ3n) is 3.48. The highest BCUT2D eigenvalue weighted by Crippen LogP contribution is 2.25. The molecular weight excluding hydrogens is 258 g/mol. The normalized spacial score (nSPS) is 13.3. The maximum Gasteiger partial charge on any atom is 0.133 e. The highest BCUT2D eigenvalue weighted by molar-refractivity contribution is 6.17. The van der Waals surface area contributed by atoms with E-state index in [9.17, 15) is 0 Å². The molecule has 0 fully saturated rings. The van der Waals surface area contributed by atoms with Gasteiger partial charge >= 0.3 is 0 Å². The van der Waals surface area contributed by atoms with Gasteiger partial charge in [0.25, 0.3) is 0 Å². The molecule has 0 radical (unpaired) electrons. The van der Waals surface area contributed by atoms with Crippen molar-refractivity contribution in [2.75, 3.05) is 5.32 Å². The van der Waals surface area contributed by atoms with Crippen molar-refractivity contribution in [2.24, 2.45) is 0 Å². The first-order chi connectivity index (χ1) is 9.36. The number of rotatable bonds is 4. The molecule has 3 rings (SSSR count). The number of nitrogens with zero attached hydrogens (tertiary/aromatic N) is 2. The third kappa shape index (κ3) is 2.71. The Morgan fingerprint density at radius 2 is 2.05 bits per heavy atom. The Balaban J connectivity index is 1.74. The molecule has 0 bridgehead atoms. The summed E-state index contributed by atoms with van der Waals surface area (Å²) in [7, 11) is 0. The van der Waals surface area contributed by atoms with Gasteiger partial charge in [0, 0.05) is 23.7 Å². The van der Waals surface area contributed by atoms with Crippen LogP contribution in [0.25, 0.3) is 0 Å². The lowest BCUT2D eigenvalue weighted by atomic mass is 10.1. The number of nitrogens with one attached hydrogen (secondary N) is 1. The quantitative estimate of drug-likeness (QED) is 0.869. The molecule has 0 amide bonds. The van der Waals surface area contributed by atoms with Crippen LogP contribution in [0, 0.1) is 0 Å². The standard InChI is InChI=1S/C15H16ClN3/c16-8-11-3-1-4-12(7-11)9-17-15-13-5-2-6-14(13)18-10-19-15/h1,3-4,7,10H,2,5-6,8-9H2,(H,17,18,19). The van der Waals surface area contributed by atoms with Gasteiger partial charge in [-0.1, -0.05) is 24.3 Å². The van der Waals surface area contributed by atoms with Crippen LogP contribution >= 0.6 is 11.6 Å². The maximum absolute atomic E-state index is 5.85. The SMILES string of the molecule is ClCc1cccc(CNc2ncnc3c2CCC3)c1. The summed E-state index contributed by atoms with van der Waals surface area (Å²) in [5.41, 5.74) is 4.86. The molecule has 1 aliphatic rings. The first-order valence-corrected chi connectivity index (χ1v) is 7.10. The highest BCUT2D eigenvalue weighted by Gasteiger charge is 2.16. The molecule has 0 saturated heterocycles. The zero-order valence-electron chi connectivity index (χ0n) is 10.7. The minimum Gasteiger partial charge on any atom is -0.366 e. The highest BCUT2D eigenvalue weighted by atomic mass is 35.5. The Kier molecular flexibility index (Phi) is 3.65. The molecule has 3 nitrogen and oxygen atoms in total. The van der Waals surface area contributed by atoms with E-state index < -0.39 is 0 Å². The molecule has 1 N–H and O–H groups in total. The van der Waals surface area contributed by atoms with Crippen LogP contribution in [0.2, 0.25) is 0 Å². The number of hydrogen-bond acceptors (Lipinski definition) is 3. The summed E-state index contributed by atoms with van der Waals surface area (Å²) in [6.07, 6.45) is 5.00. The summed E-state index contributed by atoms with van der Waals surface area (Å²) >= 11 is 5.85. The van der Waals surface area contributed by atoms with Gasteiger partial charge in [-0.15, -0.1) is 11.6 Å². The zero-order chi connectivity index (χ0) is 13.1. The van der Waals surface area contributed by atoms with Crippen molar-refractivity contribution in [3.8, 4) is 0 Å². The molecule has 0 saturated carbocycles. The Hall–Kier alpha value is -1.61. The summed E-state index contributed by atoms with van der Waals surface area (Å²) < 4.78 is 0. The average molecular weight is 274 g/mol. The van der Waals surface area contributed by atoms with Crippen LogP contribution in [0.3, 0.4) is 0 Å². The van der Waals surface area contributed by atoms with Gasteiger partial charge in [-0.25, -0.2) is 9.97 Å². The fourth-order valence-corrected chi connectivity index (χ4v) is 2.69. The van der Waals surface area contributed by atoms with Crippen LogP contribution in [0.4, 0.5) is 5.82 Å². The molecule has 1 aromatic carbocycles.